The molecule has 144 valence electrons. The fourth-order valence-electron chi connectivity index (χ4n) is 3.10. The number of nitrogens with two attached hydrogens (primary N) is 2. The van der Waals surface area contributed by atoms with Gasteiger partial charge in [-0.3, -0.25) is 14.9 Å². The number of carbonyl (C=O) groups excluding carboxylic acids is 2. The lowest BCUT2D eigenvalue weighted by atomic mass is 9.96. The van der Waals surface area contributed by atoms with E-state index in [2.05, 4.69) is 35.1 Å². The number of nitrogen functional groups attached to an aromatic ring is 2. The summed E-state index contributed by atoms with van der Waals surface area (Å²) in [6, 6.07) is 1.69. The lowest BCUT2D eigenvalue weighted by Gasteiger charge is -2.31. The van der Waals surface area contributed by atoms with Crippen LogP contribution in [0, 0.1) is 0 Å². The standard InChI is InChI=1S/C16H17N9O2S/c17-13-21-11(22-14(18)24-13)8-2-5-25(6-3-8)15-19-4-1-9(20-15)7-10-12(26)23-16(27)28-10/h1,4,7-8H,2-3,5-6H2,(H,23,26,27)(H4,17,18,21,22,24)/b10-7+. The number of nitrogens with one attached hydrogen (secondary N) is 1. The molecule has 28 heavy (non-hydrogen) atoms. The van der Waals surface area contributed by atoms with Crippen LogP contribution in [0.4, 0.5) is 22.6 Å². The number of amides is 2. The van der Waals surface area contributed by atoms with Crippen LogP contribution in [-0.2, 0) is 4.79 Å². The second-order valence-corrected chi connectivity index (χ2v) is 7.32. The predicted octanol–water partition coefficient (Wildman–Crippen LogP) is 0.534. The number of imide groups is 1. The van der Waals surface area contributed by atoms with Crippen LogP contribution < -0.4 is 21.7 Å². The third-order valence-corrected chi connectivity index (χ3v) is 5.23. The molecule has 0 aliphatic carbocycles. The summed E-state index contributed by atoms with van der Waals surface area (Å²) in [4.78, 5) is 46.3. The van der Waals surface area contributed by atoms with Crippen LogP contribution in [-0.4, -0.2) is 49.2 Å². The van der Waals surface area contributed by atoms with Gasteiger partial charge in [0.15, 0.2) is 0 Å². The first-order chi connectivity index (χ1) is 13.5. The number of anilines is 3. The highest BCUT2D eigenvalue weighted by atomic mass is 32.2. The molecule has 2 aliphatic heterocycles. The van der Waals surface area contributed by atoms with E-state index in [1.807, 2.05) is 0 Å². The number of aromatic nitrogens is 5. The maximum atomic E-state index is 11.7. The lowest BCUT2D eigenvalue weighted by Crippen LogP contribution is -2.34. The summed E-state index contributed by atoms with van der Waals surface area (Å²) in [5, 5.41) is 1.84. The van der Waals surface area contributed by atoms with Crippen LogP contribution in [0.25, 0.3) is 6.08 Å². The van der Waals surface area contributed by atoms with Gasteiger partial charge in [-0.05, 0) is 36.7 Å². The molecule has 2 fully saturated rings. The largest absolute Gasteiger partial charge is 0.368 e. The van der Waals surface area contributed by atoms with Crippen molar-refractivity contribution in [1.82, 2.24) is 30.2 Å². The summed E-state index contributed by atoms with van der Waals surface area (Å²) in [6.45, 7) is 1.42. The summed E-state index contributed by atoms with van der Waals surface area (Å²) in [7, 11) is 0. The highest BCUT2D eigenvalue weighted by Crippen LogP contribution is 2.29. The topological polar surface area (TPSA) is 166 Å². The SMILES string of the molecule is Nc1nc(N)nc(C2CCN(c3nccc(/C=C4/SC(=O)NC4=O)n3)CC2)n1. The van der Waals surface area contributed by atoms with Gasteiger partial charge in [-0.1, -0.05) is 0 Å². The highest BCUT2D eigenvalue weighted by Gasteiger charge is 2.26. The molecule has 2 aliphatic rings. The van der Waals surface area contributed by atoms with Crippen molar-refractivity contribution >= 4 is 46.8 Å². The van der Waals surface area contributed by atoms with Gasteiger partial charge in [0.1, 0.15) is 5.82 Å². The van der Waals surface area contributed by atoms with Crippen LogP contribution in [0.3, 0.4) is 0 Å². The Kier molecular flexibility index (Phi) is 4.77. The van der Waals surface area contributed by atoms with Crippen molar-refractivity contribution in [3.8, 4) is 0 Å². The number of piperidine rings is 1. The van der Waals surface area contributed by atoms with Gasteiger partial charge in [-0.15, -0.1) is 0 Å². The van der Waals surface area contributed by atoms with Gasteiger partial charge < -0.3 is 16.4 Å². The molecule has 11 nitrogen and oxygen atoms in total. The molecule has 0 spiro atoms. The van der Waals surface area contributed by atoms with Crippen LogP contribution >= 0.6 is 11.8 Å². The van der Waals surface area contributed by atoms with E-state index < -0.39 is 5.91 Å². The third kappa shape index (κ3) is 3.86. The number of carbonyl (C=O) groups is 2. The second kappa shape index (κ2) is 7.38. The Bertz CT molecular complexity index is 952. The van der Waals surface area contributed by atoms with E-state index in [0.717, 1.165) is 24.6 Å². The molecular formula is C16H17N9O2S. The monoisotopic (exact) mass is 399 g/mol. The predicted molar refractivity (Wildman–Crippen MR) is 104 cm³/mol. The van der Waals surface area contributed by atoms with E-state index in [-0.39, 0.29) is 23.1 Å². The van der Waals surface area contributed by atoms with Crippen LogP contribution in [0.2, 0.25) is 0 Å². The van der Waals surface area contributed by atoms with Crippen molar-refractivity contribution in [3.05, 3.63) is 28.7 Å². The highest BCUT2D eigenvalue weighted by molar-refractivity contribution is 8.18. The minimum Gasteiger partial charge on any atom is -0.368 e. The Morgan fingerprint density at radius 3 is 2.46 bits per heavy atom. The number of hydrogen-bond donors (Lipinski definition) is 3. The van der Waals surface area contributed by atoms with E-state index in [1.165, 1.54) is 0 Å². The Hall–Kier alpha value is -3.28. The molecule has 0 atom stereocenters. The van der Waals surface area contributed by atoms with E-state index in [4.69, 9.17) is 11.5 Å². The van der Waals surface area contributed by atoms with E-state index in [9.17, 15) is 9.59 Å². The number of hydrogen-bond acceptors (Lipinski definition) is 11. The molecule has 2 amide bonds. The first kappa shape index (κ1) is 18.1. The molecular weight excluding hydrogens is 382 g/mol. The fourth-order valence-corrected chi connectivity index (χ4v) is 3.76. The van der Waals surface area contributed by atoms with Crippen molar-refractivity contribution in [2.75, 3.05) is 29.5 Å². The first-order valence-corrected chi connectivity index (χ1v) is 9.39. The van der Waals surface area contributed by atoms with Gasteiger partial charge in [0.05, 0.1) is 10.6 Å². The molecule has 0 unspecified atom stereocenters. The van der Waals surface area contributed by atoms with Gasteiger partial charge in [0, 0.05) is 25.2 Å². The van der Waals surface area contributed by atoms with Crippen molar-refractivity contribution < 1.29 is 9.59 Å². The van der Waals surface area contributed by atoms with Crippen molar-refractivity contribution in [2.45, 2.75) is 18.8 Å². The average molecular weight is 399 g/mol. The molecule has 4 rings (SSSR count). The summed E-state index contributed by atoms with van der Waals surface area (Å²) >= 11 is 0.858. The summed E-state index contributed by atoms with van der Waals surface area (Å²) in [5.74, 6) is 1.16. The van der Waals surface area contributed by atoms with Gasteiger partial charge in [-0.25, -0.2) is 9.97 Å². The molecule has 2 saturated heterocycles. The Morgan fingerprint density at radius 1 is 1.11 bits per heavy atom. The Balaban J connectivity index is 1.46. The summed E-state index contributed by atoms with van der Waals surface area (Å²) in [5.41, 5.74) is 11.9. The van der Waals surface area contributed by atoms with Gasteiger partial charge >= 0.3 is 0 Å². The molecule has 12 heteroatoms. The third-order valence-electron chi connectivity index (χ3n) is 4.42. The maximum absolute atomic E-state index is 11.7. The van der Waals surface area contributed by atoms with Gasteiger partial charge in [0.2, 0.25) is 17.8 Å². The Morgan fingerprint density at radius 2 is 1.82 bits per heavy atom. The van der Waals surface area contributed by atoms with Crippen molar-refractivity contribution in [2.24, 2.45) is 0 Å². The molecule has 0 radical (unpaired) electrons. The molecule has 0 aromatic carbocycles. The molecule has 4 heterocycles. The van der Waals surface area contributed by atoms with Gasteiger partial charge in [-0.2, -0.15) is 15.0 Å². The minimum absolute atomic E-state index is 0.126. The summed E-state index contributed by atoms with van der Waals surface area (Å²) in [6.07, 6.45) is 4.81. The molecule has 2 aromatic heterocycles. The van der Waals surface area contributed by atoms with E-state index >= 15 is 0 Å². The quantitative estimate of drug-likeness (QED) is 0.616. The van der Waals surface area contributed by atoms with E-state index in [1.54, 1.807) is 18.3 Å². The molecule has 0 bridgehead atoms. The maximum Gasteiger partial charge on any atom is 0.290 e. The lowest BCUT2D eigenvalue weighted by molar-refractivity contribution is -0.115. The molecule has 0 saturated carbocycles. The number of rotatable bonds is 3. The average Bonchev–Trinajstić information content (AvgIpc) is 2.98. The zero-order valence-corrected chi connectivity index (χ0v) is 15.5. The van der Waals surface area contributed by atoms with Crippen LogP contribution in [0.15, 0.2) is 17.2 Å². The smallest absolute Gasteiger partial charge is 0.290 e. The number of thioether (sulfide) groups is 1. The zero-order chi connectivity index (χ0) is 19.7. The number of nitrogens with zero attached hydrogens (tertiary/aromatic N) is 6. The normalized spacial score (nSPS) is 19.3. The Labute approximate surface area is 164 Å². The van der Waals surface area contributed by atoms with Gasteiger partial charge in [0.25, 0.3) is 11.1 Å². The van der Waals surface area contributed by atoms with Crippen molar-refractivity contribution in [3.63, 3.8) is 0 Å². The fraction of sp³-hybridized carbons (Fsp3) is 0.312. The molecule has 5 N–H and O–H groups in total. The first-order valence-electron chi connectivity index (χ1n) is 8.58. The van der Waals surface area contributed by atoms with Crippen molar-refractivity contribution in [1.29, 1.82) is 0 Å². The second-order valence-electron chi connectivity index (χ2n) is 6.31. The zero-order valence-electron chi connectivity index (χ0n) is 14.7. The van der Waals surface area contributed by atoms with Crippen LogP contribution in [0.5, 0.6) is 0 Å². The minimum atomic E-state index is -0.410. The summed E-state index contributed by atoms with van der Waals surface area (Å²) < 4.78 is 0. The van der Waals surface area contributed by atoms with E-state index in [0.29, 0.717) is 35.5 Å². The van der Waals surface area contributed by atoms with Crippen LogP contribution in [0.1, 0.15) is 30.3 Å². The molecule has 2 aromatic rings.